The van der Waals surface area contributed by atoms with Gasteiger partial charge in [0.05, 0.1) is 19.5 Å². The Balaban J connectivity index is 1.66. The fourth-order valence-electron chi connectivity index (χ4n) is 3.16. The van der Waals surface area contributed by atoms with Crippen LogP contribution in [0.25, 0.3) is 0 Å². The van der Waals surface area contributed by atoms with Crippen molar-refractivity contribution in [1.29, 1.82) is 0 Å². The van der Waals surface area contributed by atoms with Gasteiger partial charge in [-0.05, 0) is 31.4 Å². The second kappa shape index (κ2) is 8.13. The molecule has 0 radical (unpaired) electrons. The van der Waals surface area contributed by atoms with Crippen LogP contribution in [0.3, 0.4) is 0 Å². The van der Waals surface area contributed by atoms with Gasteiger partial charge in [-0.25, -0.2) is 17.9 Å². The molecule has 2 N–H and O–H groups in total. The lowest BCUT2D eigenvalue weighted by Crippen LogP contribution is -2.50. The molecule has 2 amide bonds. The highest BCUT2D eigenvalue weighted by molar-refractivity contribution is 7.88. The van der Waals surface area contributed by atoms with Gasteiger partial charge in [0.2, 0.25) is 10.0 Å². The fraction of sp³-hybridized carbons (Fsp3) is 0.588. The Morgan fingerprint density at radius 3 is 2.73 bits per heavy atom. The van der Waals surface area contributed by atoms with Crippen LogP contribution in [0.15, 0.2) is 18.2 Å². The first-order chi connectivity index (χ1) is 12.4. The second-order valence-corrected chi connectivity index (χ2v) is 8.44. The van der Waals surface area contributed by atoms with Crippen LogP contribution in [0.2, 0.25) is 0 Å². The standard InChI is InChI=1S/C17H25N3O5S/c1-26(22,23)18-12-14-5-2-3-8-20(14)17(21)19-13-6-7-15-16(11-13)25-10-4-9-24-15/h6-7,11,14,18H,2-5,8-10,12H2,1H3,(H,19,21)/t14-/m0/s1. The van der Waals surface area contributed by atoms with Gasteiger partial charge in [0.15, 0.2) is 11.5 Å². The summed E-state index contributed by atoms with van der Waals surface area (Å²) < 4.78 is 36.4. The van der Waals surface area contributed by atoms with Crippen molar-refractivity contribution in [1.82, 2.24) is 9.62 Å². The summed E-state index contributed by atoms with van der Waals surface area (Å²) in [5.74, 6) is 1.29. The molecule has 9 heteroatoms. The van der Waals surface area contributed by atoms with E-state index in [0.29, 0.717) is 36.9 Å². The molecule has 1 saturated heterocycles. The molecule has 26 heavy (non-hydrogen) atoms. The van der Waals surface area contributed by atoms with E-state index in [1.165, 1.54) is 0 Å². The van der Waals surface area contributed by atoms with Crippen molar-refractivity contribution in [2.24, 2.45) is 0 Å². The Labute approximate surface area is 153 Å². The Kier molecular flexibility index (Phi) is 5.87. The Hall–Kier alpha value is -2.00. The fourth-order valence-corrected chi connectivity index (χ4v) is 3.66. The molecule has 8 nitrogen and oxygen atoms in total. The highest BCUT2D eigenvalue weighted by Gasteiger charge is 2.27. The number of piperidine rings is 1. The zero-order valence-electron chi connectivity index (χ0n) is 14.9. The predicted molar refractivity (Wildman–Crippen MR) is 98.3 cm³/mol. The lowest BCUT2D eigenvalue weighted by molar-refractivity contribution is 0.164. The average Bonchev–Trinajstić information content (AvgIpc) is 2.84. The molecule has 1 fully saturated rings. The normalized spacial score (nSPS) is 20.3. The van der Waals surface area contributed by atoms with Crippen molar-refractivity contribution >= 4 is 21.7 Å². The summed E-state index contributed by atoms with van der Waals surface area (Å²) in [5.41, 5.74) is 0.625. The van der Waals surface area contributed by atoms with E-state index in [2.05, 4.69) is 10.0 Å². The van der Waals surface area contributed by atoms with Crippen molar-refractivity contribution in [3.05, 3.63) is 18.2 Å². The van der Waals surface area contributed by atoms with E-state index < -0.39 is 10.0 Å². The molecule has 1 aromatic rings. The maximum atomic E-state index is 12.7. The topological polar surface area (TPSA) is 97.0 Å². The van der Waals surface area contributed by atoms with Gasteiger partial charge in [0, 0.05) is 37.3 Å². The molecule has 2 aliphatic heterocycles. The number of amides is 2. The minimum atomic E-state index is -3.28. The van der Waals surface area contributed by atoms with Crippen molar-refractivity contribution in [2.75, 3.05) is 37.9 Å². The smallest absolute Gasteiger partial charge is 0.322 e. The molecular weight excluding hydrogens is 358 g/mol. The van der Waals surface area contributed by atoms with Gasteiger partial charge in [-0.1, -0.05) is 0 Å². The summed E-state index contributed by atoms with van der Waals surface area (Å²) in [4.78, 5) is 14.4. The van der Waals surface area contributed by atoms with Gasteiger partial charge in [-0.3, -0.25) is 0 Å². The SMILES string of the molecule is CS(=O)(=O)NC[C@@H]1CCCCN1C(=O)Nc1ccc2c(c1)OCCCO2. The summed E-state index contributed by atoms with van der Waals surface area (Å²) in [6.45, 7) is 2.02. The third-order valence-corrected chi connectivity index (χ3v) is 5.16. The lowest BCUT2D eigenvalue weighted by Gasteiger charge is -2.35. The maximum absolute atomic E-state index is 12.7. The van der Waals surface area contributed by atoms with Crippen LogP contribution in [0.5, 0.6) is 11.5 Å². The number of carbonyl (C=O) groups is 1. The number of rotatable bonds is 4. The zero-order valence-corrected chi connectivity index (χ0v) is 15.7. The Morgan fingerprint density at radius 2 is 1.96 bits per heavy atom. The highest BCUT2D eigenvalue weighted by atomic mass is 32.2. The third kappa shape index (κ3) is 5.01. The van der Waals surface area contributed by atoms with E-state index in [-0.39, 0.29) is 18.6 Å². The van der Waals surface area contributed by atoms with Crippen LogP contribution in [-0.2, 0) is 10.0 Å². The number of nitrogens with one attached hydrogen (secondary N) is 2. The average molecular weight is 383 g/mol. The molecule has 0 bridgehead atoms. The number of likely N-dealkylation sites (tertiary alicyclic amines) is 1. The summed E-state index contributed by atoms with van der Waals surface area (Å²) >= 11 is 0. The van der Waals surface area contributed by atoms with Gasteiger partial charge in [0.25, 0.3) is 0 Å². The predicted octanol–water partition coefficient (Wildman–Crippen LogP) is 1.78. The van der Waals surface area contributed by atoms with Crippen molar-refractivity contribution < 1.29 is 22.7 Å². The molecule has 0 spiro atoms. The molecule has 144 valence electrons. The van der Waals surface area contributed by atoms with Gasteiger partial charge in [-0.15, -0.1) is 0 Å². The van der Waals surface area contributed by atoms with E-state index in [4.69, 9.17) is 9.47 Å². The quantitative estimate of drug-likeness (QED) is 0.826. The molecule has 2 aliphatic rings. The summed E-state index contributed by atoms with van der Waals surface area (Å²) in [6, 6.07) is 4.93. The number of fused-ring (bicyclic) bond motifs is 1. The van der Waals surface area contributed by atoms with E-state index in [0.717, 1.165) is 31.9 Å². The van der Waals surface area contributed by atoms with Crippen LogP contribution >= 0.6 is 0 Å². The minimum absolute atomic E-state index is 0.154. The molecule has 0 aliphatic carbocycles. The molecule has 3 rings (SSSR count). The van der Waals surface area contributed by atoms with Gasteiger partial charge in [-0.2, -0.15) is 0 Å². The third-order valence-electron chi connectivity index (χ3n) is 4.47. The zero-order chi connectivity index (χ0) is 18.6. The number of nitrogens with zero attached hydrogens (tertiary/aromatic N) is 1. The summed E-state index contributed by atoms with van der Waals surface area (Å²) in [6.07, 6.45) is 4.60. The number of urea groups is 1. The van der Waals surface area contributed by atoms with Crippen LogP contribution in [0, 0.1) is 0 Å². The van der Waals surface area contributed by atoms with Gasteiger partial charge in [0.1, 0.15) is 0 Å². The lowest BCUT2D eigenvalue weighted by atomic mass is 10.0. The van der Waals surface area contributed by atoms with Crippen LogP contribution < -0.4 is 19.5 Å². The Morgan fingerprint density at radius 1 is 1.19 bits per heavy atom. The number of hydrogen-bond acceptors (Lipinski definition) is 5. The maximum Gasteiger partial charge on any atom is 0.322 e. The number of hydrogen-bond donors (Lipinski definition) is 2. The van der Waals surface area contributed by atoms with E-state index in [1.54, 1.807) is 23.1 Å². The monoisotopic (exact) mass is 383 g/mol. The molecule has 1 atom stereocenters. The number of ether oxygens (including phenoxy) is 2. The molecule has 0 aromatic heterocycles. The van der Waals surface area contributed by atoms with Gasteiger partial charge < -0.3 is 19.7 Å². The first-order valence-electron chi connectivity index (χ1n) is 8.84. The molecule has 0 unspecified atom stereocenters. The van der Waals surface area contributed by atoms with Crippen LogP contribution in [0.1, 0.15) is 25.7 Å². The number of carbonyl (C=O) groups excluding carboxylic acids is 1. The highest BCUT2D eigenvalue weighted by Crippen LogP contribution is 2.32. The summed E-state index contributed by atoms with van der Waals surface area (Å²) in [7, 11) is -3.28. The molecular formula is C17H25N3O5S. The first-order valence-corrected chi connectivity index (χ1v) is 10.7. The van der Waals surface area contributed by atoms with Crippen LogP contribution in [-0.4, -0.2) is 57.9 Å². The van der Waals surface area contributed by atoms with Crippen molar-refractivity contribution in [3.63, 3.8) is 0 Å². The van der Waals surface area contributed by atoms with Crippen molar-refractivity contribution in [2.45, 2.75) is 31.7 Å². The first kappa shape index (κ1) is 18.8. The van der Waals surface area contributed by atoms with E-state index in [1.807, 2.05) is 0 Å². The van der Waals surface area contributed by atoms with Crippen LogP contribution in [0.4, 0.5) is 10.5 Å². The molecule has 1 aromatic carbocycles. The van der Waals surface area contributed by atoms with Crippen molar-refractivity contribution in [3.8, 4) is 11.5 Å². The number of sulfonamides is 1. The second-order valence-electron chi connectivity index (χ2n) is 6.61. The number of anilines is 1. The Bertz CT molecular complexity index is 753. The molecule has 2 heterocycles. The van der Waals surface area contributed by atoms with Gasteiger partial charge >= 0.3 is 6.03 Å². The largest absolute Gasteiger partial charge is 0.490 e. The number of benzene rings is 1. The molecule has 0 saturated carbocycles. The summed E-state index contributed by atoms with van der Waals surface area (Å²) in [5, 5.41) is 2.88. The van der Waals surface area contributed by atoms with E-state index in [9.17, 15) is 13.2 Å². The minimum Gasteiger partial charge on any atom is -0.490 e. The van der Waals surface area contributed by atoms with E-state index >= 15 is 0 Å².